The fraction of sp³-hybridized carbons (Fsp3) is 0.846. The zero-order valence-corrected chi connectivity index (χ0v) is 12.8. The van der Waals surface area contributed by atoms with Crippen molar-refractivity contribution in [3.8, 4) is 0 Å². The number of rotatable bonds is 8. The Morgan fingerprint density at radius 3 is 2.72 bits per heavy atom. The summed E-state index contributed by atoms with van der Waals surface area (Å²) in [6.45, 7) is 9.75. The van der Waals surface area contributed by atoms with E-state index in [0.717, 1.165) is 24.5 Å². The molecule has 0 radical (unpaired) electrons. The lowest BCUT2D eigenvalue weighted by Gasteiger charge is -2.15. The Morgan fingerprint density at radius 2 is 2.11 bits per heavy atom. The summed E-state index contributed by atoms with van der Waals surface area (Å²) in [6, 6.07) is 0.166. The minimum atomic E-state index is 0.166. The van der Waals surface area contributed by atoms with Crippen LogP contribution in [0.15, 0.2) is 6.33 Å². The highest BCUT2D eigenvalue weighted by atomic mass is 32.2. The Kier molecular flexibility index (Phi) is 6.71. The number of thioether (sulfide) groups is 1. The molecule has 4 nitrogen and oxygen atoms in total. The van der Waals surface area contributed by atoms with Crippen LogP contribution in [0.5, 0.6) is 0 Å². The molecule has 0 aromatic carbocycles. The molecule has 2 N–H and O–H groups in total. The van der Waals surface area contributed by atoms with E-state index in [1.165, 1.54) is 6.42 Å². The quantitative estimate of drug-likeness (QED) is 0.787. The molecule has 0 saturated carbocycles. The Hall–Kier alpha value is -0.550. The van der Waals surface area contributed by atoms with Crippen LogP contribution in [-0.4, -0.2) is 31.8 Å². The number of aromatic nitrogens is 3. The first-order valence-electron chi connectivity index (χ1n) is 6.76. The third-order valence-electron chi connectivity index (χ3n) is 2.85. The molecule has 1 heterocycles. The van der Waals surface area contributed by atoms with Gasteiger partial charge in [0.15, 0.2) is 0 Å². The highest BCUT2D eigenvalue weighted by Crippen LogP contribution is 2.15. The second kappa shape index (κ2) is 7.79. The largest absolute Gasteiger partial charge is 0.327 e. The van der Waals surface area contributed by atoms with Crippen molar-refractivity contribution in [2.45, 2.75) is 58.4 Å². The van der Waals surface area contributed by atoms with E-state index in [-0.39, 0.29) is 6.04 Å². The molecule has 5 heteroatoms. The molecular formula is C13H26N4S. The van der Waals surface area contributed by atoms with Crippen LogP contribution in [0.4, 0.5) is 0 Å². The van der Waals surface area contributed by atoms with Crippen LogP contribution in [0.25, 0.3) is 0 Å². The Labute approximate surface area is 115 Å². The molecule has 104 valence electrons. The van der Waals surface area contributed by atoms with Gasteiger partial charge in [0.05, 0.1) is 0 Å². The fourth-order valence-corrected chi connectivity index (χ4v) is 2.57. The van der Waals surface area contributed by atoms with E-state index in [9.17, 15) is 0 Å². The van der Waals surface area contributed by atoms with Gasteiger partial charge in [-0.3, -0.25) is 0 Å². The van der Waals surface area contributed by atoms with Crippen molar-refractivity contribution >= 4 is 11.8 Å². The van der Waals surface area contributed by atoms with Crippen molar-refractivity contribution in [2.24, 2.45) is 11.7 Å². The predicted octanol–water partition coefficient (Wildman–Crippen LogP) is 2.34. The van der Waals surface area contributed by atoms with Gasteiger partial charge in [-0.05, 0) is 12.3 Å². The lowest BCUT2D eigenvalue weighted by atomic mass is 10.2. The topological polar surface area (TPSA) is 56.7 Å². The lowest BCUT2D eigenvalue weighted by molar-refractivity contribution is 0.461. The van der Waals surface area contributed by atoms with E-state index in [4.69, 9.17) is 5.73 Å². The number of nitrogens with two attached hydrogens (primary N) is 1. The van der Waals surface area contributed by atoms with Gasteiger partial charge in [0.25, 0.3) is 0 Å². The average Bonchev–Trinajstić information content (AvgIpc) is 2.72. The van der Waals surface area contributed by atoms with Gasteiger partial charge in [-0.15, -0.1) is 0 Å². The van der Waals surface area contributed by atoms with E-state index in [0.29, 0.717) is 11.2 Å². The van der Waals surface area contributed by atoms with E-state index >= 15 is 0 Å². The van der Waals surface area contributed by atoms with Crippen molar-refractivity contribution in [2.75, 3.05) is 5.75 Å². The maximum atomic E-state index is 6.17. The molecule has 1 aromatic rings. The normalized spacial score (nSPS) is 15.0. The molecule has 0 amide bonds. The molecule has 2 unspecified atom stereocenters. The van der Waals surface area contributed by atoms with Gasteiger partial charge in [-0.2, -0.15) is 16.9 Å². The van der Waals surface area contributed by atoms with Crippen LogP contribution in [0.1, 0.15) is 39.9 Å². The first-order valence-corrected chi connectivity index (χ1v) is 7.81. The summed E-state index contributed by atoms with van der Waals surface area (Å²) in [5, 5.41) is 4.95. The standard InChI is InChI=1S/C13H26N4S/c1-5-11(4)18-8-12(14)6-13-15-9-16-17(13)7-10(2)3/h9-12H,5-8,14H2,1-4H3. The molecule has 1 aromatic heterocycles. The average molecular weight is 270 g/mol. The summed E-state index contributed by atoms with van der Waals surface area (Å²) in [7, 11) is 0. The molecule has 0 saturated heterocycles. The molecule has 0 fully saturated rings. The number of hydrogen-bond donors (Lipinski definition) is 1. The summed E-state index contributed by atoms with van der Waals surface area (Å²) in [6.07, 6.45) is 3.64. The zero-order chi connectivity index (χ0) is 13.5. The highest BCUT2D eigenvalue weighted by molar-refractivity contribution is 7.99. The molecule has 0 aliphatic heterocycles. The van der Waals surface area contributed by atoms with Gasteiger partial charge in [0.1, 0.15) is 12.2 Å². The van der Waals surface area contributed by atoms with Crippen molar-refractivity contribution in [1.29, 1.82) is 0 Å². The molecule has 0 aliphatic carbocycles. The Bertz CT molecular complexity index is 337. The van der Waals surface area contributed by atoms with Crippen LogP contribution in [0.2, 0.25) is 0 Å². The zero-order valence-electron chi connectivity index (χ0n) is 12.0. The molecule has 18 heavy (non-hydrogen) atoms. The van der Waals surface area contributed by atoms with Crippen LogP contribution in [0, 0.1) is 5.92 Å². The van der Waals surface area contributed by atoms with E-state index < -0.39 is 0 Å². The smallest absolute Gasteiger partial charge is 0.138 e. The van der Waals surface area contributed by atoms with Crippen molar-refractivity contribution in [3.05, 3.63) is 12.2 Å². The van der Waals surface area contributed by atoms with E-state index in [1.807, 2.05) is 16.4 Å². The number of hydrogen-bond acceptors (Lipinski definition) is 4. The molecule has 2 atom stereocenters. The molecule has 0 spiro atoms. The van der Waals surface area contributed by atoms with Gasteiger partial charge in [0.2, 0.25) is 0 Å². The molecular weight excluding hydrogens is 244 g/mol. The second-order valence-electron chi connectivity index (χ2n) is 5.27. The van der Waals surface area contributed by atoms with Crippen LogP contribution in [-0.2, 0) is 13.0 Å². The Morgan fingerprint density at radius 1 is 1.39 bits per heavy atom. The molecule has 0 bridgehead atoms. The minimum absolute atomic E-state index is 0.166. The van der Waals surface area contributed by atoms with Gasteiger partial charge in [0, 0.05) is 30.0 Å². The molecule has 0 aliphatic rings. The monoisotopic (exact) mass is 270 g/mol. The summed E-state index contributed by atoms with van der Waals surface area (Å²) >= 11 is 1.94. The predicted molar refractivity (Wildman–Crippen MR) is 78.8 cm³/mol. The van der Waals surface area contributed by atoms with Crippen LogP contribution in [0.3, 0.4) is 0 Å². The maximum Gasteiger partial charge on any atom is 0.138 e. The van der Waals surface area contributed by atoms with Gasteiger partial charge >= 0.3 is 0 Å². The third kappa shape index (κ3) is 5.40. The number of nitrogens with zero attached hydrogens (tertiary/aromatic N) is 3. The van der Waals surface area contributed by atoms with Crippen molar-refractivity contribution in [3.63, 3.8) is 0 Å². The van der Waals surface area contributed by atoms with Crippen LogP contribution >= 0.6 is 11.8 Å². The second-order valence-corrected chi connectivity index (χ2v) is 6.74. The maximum absolute atomic E-state index is 6.17. The van der Waals surface area contributed by atoms with E-state index in [1.54, 1.807) is 6.33 Å². The lowest BCUT2D eigenvalue weighted by Crippen LogP contribution is -2.28. The highest BCUT2D eigenvalue weighted by Gasteiger charge is 2.12. The van der Waals surface area contributed by atoms with Crippen LogP contribution < -0.4 is 5.73 Å². The SMILES string of the molecule is CCC(C)SCC(N)Cc1ncnn1CC(C)C. The van der Waals surface area contributed by atoms with Gasteiger partial charge in [-0.25, -0.2) is 9.67 Å². The van der Waals surface area contributed by atoms with Gasteiger partial charge < -0.3 is 5.73 Å². The summed E-state index contributed by atoms with van der Waals surface area (Å²) < 4.78 is 1.98. The third-order valence-corrected chi connectivity index (χ3v) is 4.37. The van der Waals surface area contributed by atoms with Crippen molar-refractivity contribution < 1.29 is 0 Å². The summed E-state index contributed by atoms with van der Waals surface area (Å²) in [5.74, 6) is 2.58. The molecule has 1 rings (SSSR count). The fourth-order valence-electron chi connectivity index (χ4n) is 1.64. The Balaban J connectivity index is 2.43. The first kappa shape index (κ1) is 15.5. The first-order chi connectivity index (χ1) is 8.52. The minimum Gasteiger partial charge on any atom is -0.327 e. The van der Waals surface area contributed by atoms with Crippen molar-refractivity contribution in [1.82, 2.24) is 14.8 Å². The summed E-state index contributed by atoms with van der Waals surface area (Å²) in [4.78, 5) is 4.32. The summed E-state index contributed by atoms with van der Waals surface area (Å²) in [5.41, 5.74) is 6.17. The van der Waals surface area contributed by atoms with Gasteiger partial charge in [-0.1, -0.05) is 27.7 Å². The van der Waals surface area contributed by atoms with E-state index in [2.05, 4.69) is 37.8 Å².